The van der Waals surface area contributed by atoms with E-state index in [9.17, 15) is 22.0 Å². The zero-order valence-electron chi connectivity index (χ0n) is 26.7. The van der Waals surface area contributed by atoms with Crippen LogP contribution in [0.25, 0.3) is 33.4 Å². The van der Waals surface area contributed by atoms with Crippen LogP contribution in [-0.4, -0.2) is 0 Å². The molecule has 0 saturated carbocycles. The van der Waals surface area contributed by atoms with Gasteiger partial charge in [-0.25, -0.2) is 35.1 Å². The monoisotopic (exact) mass is 736 g/mol. The van der Waals surface area contributed by atoms with Crippen molar-refractivity contribution in [1.82, 2.24) is 0 Å². The van der Waals surface area contributed by atoms with Crippen molar-refractivity contribution in [2.45, 2.75) is 45.1 Å². The minimum atomic E-state index is -4.88. The first-order valence-corrected chi connectivity index (χ1v) is 16.0. The summed E-state index contributed by atoms with van der Waals surface area (Å²) in [6.07, 6.45) is 4.33. The van der Waals surface area contributed by atoms with Gasteiger partial charge in [0.15, 0.2) is 17.5 Å². The molecular formula is C39H27ClF10O. The van der Waals surface area contributed by atoms with Gasteiger partial charge in [-0.3, -0.25) is 0 Å². The molecule has 0 aliphatic rings. The molecule has 51 heavy (non-hydrogen) atoms. The minimum Gasteiger partial charge on any atom is -0.429 e. The van der Waals surface area contributed by atoms with Crippen LogP contribution < -0.4 is 4.74 Å². The summed E-state index contributed by atoms with van der Waals surface area (Å²) in [5.74, 6) is -14.9. The van der Waals surface area contributed by atoms with E-state index in [2.05, 4.69) is 23.8 Å². The molecule has 0 amide bonds. The zero-order valence-corrected chi connectivity index (χ0v) is 27.4. The van der Waals surface area contributed by atoms with E-state index in [1.807, 2.05) is 12.1 Å². The van der Waals surface area contributed by atoms with Crippen molar-refractivity contribution < 1.29 is 48.6 Å². The molecule has 5 aromatic rings. The maximum absolute atomic E-state index is 15.4. The number of hydrogen-bond acceptors (Lipinski definition) is 1. The maximum Gasteiger partial charge on any atom is 0.432 e. The first-order valence-electron chi connectivity index (χ1n) is 15.6. The molecule has 266 valence electrons. The number of aryl methyl sites for hydroxylation is 1. The van der Waals surface area contributed by atoms with Gasteiger partial charge in [0.1, 0.15) is 40.4 Å². The molecule has 0 N–H and O–H groups in total. The molecule has 0 saturated heterocycles. The molecule has 0 spiro atoms. The molecule has 0 bridgehead atoms. The normalized spacial score (nSPS) is 11.8. The highest BCUT2D eigenvalue weighted by Crippen LogP contribution is 2.41. The third-order valence-electron chi connectivity index (χ3n) is 7.98. The van der Waals surface area contributed by atoms with Crippen LogP contribution in [0.3, 0.4) is 0 Å². The van der Waals surface area contributed by atoms with E-state index in [0.717, 1.165) is 43.7 Å². The number of rotatable bonds is 12. The summed E-state index contributed by atoms with van der Waals surface area (Å²) in [5, 5.41) is -0.271. The SMILES string of the molecule is CCCCC=CCCc1ccc(-c2cc(F)c(-c3cc(F)c(C(F)(F)Oc4cc(F)c(-c5cc(F)c(F)c(F)c5)c(F)c4)c(F)c3)c(Cl)c2)cc1. The smallest absolute Gasteiger partial charge is 0.429 e. The predicted molar refractivity (Wildman–Crippen MR) is 175 cm³/mol. The van der Waals surface area contributed by atoms with Crippen LogP contribution >= 0.6 is 11.6 Å². The summed E-state index contributed by atoms with van der Waals surface area (Å²) in [6.45, 7) is 2.12. The van der Waals surface area contributed by atoms with Crippen molar-refractivity contribution in [2.24, 2.45) is 0 Å². The molecule has 5 rings (SSSR count). The Bertz CT molecular complexity index is 2000. The third kappa shape index (κ3) is 8.41. The number of alkyl halides is 2. The third-order valence-corrected chi connectivity index (χ3v) is 8.27. The fourth-order valence-corrected chi connectivity index (χ4v) is 5.78. The van der Waals surface area contributed by atoms with Crippen LogP contribution in [0.5, 0.6) is 5.75 Å². The number of halogens is 11. The fraction of sp³-hybridized carbons (Fsp3) is 0.179. The number of ether oxygens (including phenoxy) is 1. The van der Waals surface area contributed by atoms with Crippen LogP contribution in [0.2, 0.25) is 5.02 Å². The maximum atomic E-state index is 15.4. The number of hydrogen-bond donors (Lipinski definition) is 0. The van der Waals surface area contributed by atoms with E-state index < -0.39 is 86.2 Å². The van der Waals surface area contributed by atoms with Crippen LogP contribution in [0, 0.1) is 46.5 Å². The Kier molecular flexibility index (Phi) is 11.5. The van der Waals surface area contributed by atoms with Gasteiger partial charge in [0.05, 0.1) is 10.6 Å². The topological polar surface area (TPSA) is 9.23 Å². The van der Waals surface area contributed by atoms with Crippen molar-refractivity contribution >= 4 is 11.6 Å². The van der Waals surface area contributed by atoms with E-state index >= 15 is 22.0 Å². The molecule has 0 fully saturated rings. The largest absolute Gasteiger partial charge is 0.432 e. The Balaban J connectivity index is 1.36. The van der Waals surface area contributed by atoms with Crippen molar-refractivity contribution in [3.05, 3.63) is 148 Å². The molecule has 0 heterocycles. The lowest BCUT2D eigenvalue weighted by Gasteiger charge is -2.21. The van der Waals surface area contributed by atoms with Crippen LogP contribution in [-0.2, 0) is 12.5 Å². The molecule has 5 aromatic carbocycles. The van der Waals surface area contributed by atoms with Gasteiger partial charge in [0.2, 0.25) is 0 Å². The summed E-state index contributed by atoms with van der Waals surface area (Å²) < 4.78 is 150. The van der Waals surface area contributed by atoms with Gasteiger partial charge in [-0.1, -0.05) is 67.8 Å². The van der Waals surface area contributed by atoms with Gasteiger partial charge in [-0.2, -0.15) is 8.78 Å². The molecule has 0 atom stereocenters. The molecule has 0 unspecified atom stereocenters. The highest BCUT2D eigenvalue weighted by Gasteiger charge is 2.42. The van der Waals surface area contributed by atoms with Gasteiger partial charge in [-0.15, -0.1) is 0 Å². The van der Waals surface area contributed by atoms with Gasteiger partial charge >= 0.3 is 6.11 Å². The van der Waals surface area contributed by atoms with E-state index in [1.165, 1.54) is 6.07 Å². The van der Waals surface area contributed by atoms with Gasteiger partial charge in [0, 0.05) is 17.7 Å². The second-order valence-electron chi connectivity index (χ2n) is 11.6. The summed E-state index contributed by atoms with van der Waals surface area (Å²) in [5.41, 5.74) is -2.89. The lowest BCUT2D eigenvalue weighted by molar-refractivity contribution is -0.189. The molecule has 0 aromatic heterocycles. The Morgan fingerprint density at radius 1 is 0.588 bits per heavy atom. The summed E-state index contributed by atoms with van der Waals surface area (Å²) in [7, 11) is 0. The van der Waals surface area contributed by atoms with E-state index in [0.29, 0.717) is 23.3 Å². The summed E-state index contributed by atoms with van der Waals surface area (Å²) >= 11 is 6.33. The average Bonchev–Trinajstić information content (AvgIpc) is 3.04. The second kappa shape index (κ2) is 15.6. The van der Waals surface area contributed by atoms with Gasteiger partial charge in [-0.05, 0) is 83.5 Å². The van der Waals surface area contributed by atoms with Crippen LogP contribution in [0.1, 0.15) is 43.7 Å². The van der Waals surface area contributed by atoms with Crippen molar-refractivity contribution in [2.75, 3.05) is 0 Å². The Hall–Kier alpha value is -4.77. The summed E-state index contributed by atoms with van der Waals surface area (Å²) in [4.78, 5) is 0. The highest BCUT2D eigenvalue weighted by molar-refractivity contribution is 6.33. The van der Waals surface area contributed by atoms with Crippen LogP contribution in [0.4, 0.5) is 43.9 Å². The van der Waals surface area contributed by atoms with E-state index in [4.69, 9.17) is 11.6 Å². The van der Waals surface area contributed by atoms with Gasteiger partial charge < -0.3 is 4.74 Å². The van der Waals surface area contributed by atoms with E-state index in [-0.39, 0.29) is 29.3 Å². The fourth-order valence-electron chi connectivity index (χ4n) is 5.47. The number of benzene rings is 5. The van der Waals surface area contributed by atoms with E-state index in [1.54, 1.807) is 12.1 Å². The van der Waals surface area contributed by atoms with Crippen molar-refractivity contribution in [3.8, 4) is 39.1 Å². The quantitative estimate of drug-likeness (QED) is 0.0536. The molecule has 1 nitrogen and oxygen atoms in total. The molecule has 12 heteroatoms. The molecule has 0 aliphatic carbocycles. The highest BCUT2D eigenvalue weighted by atomic mass is 35.5. The molecular weight excluding hydrogens is 710 g/mol. The lowest BCUT2D eigenvalue weighted by Crippen LogP contribution is -2.25. The average molecular weight is 737 g/mol. The predicted octanol–water partition coefficient (Wildman–Crippen LogP) is 13.3. The Morgan fingerprint density at radius 2 is 1.10 bits per heavy atom. The molecule has 0 aliphatic heterocycles. The first-order chi connectivity index (χ1) is 24.2. The Labute approximate surface area is 291 Å². The summed E-state index contributed by atoms with van der Waals surface area (Å²) in [6, 6.07) is 11.4. The zero-order chi connectivity index (χ0) is 37.0. The van der Waals surface area contributed by atoms with Crippen molar-refractivity contribution in [3.63, 3.8) is 0 Å². The van der Waals surface area contributed by atoms with Crippen molar-refractivity contribution in [1.29, 1.82) is 0 Å². The first kappa shape index (κ1) is 37.5. The second-order valence-corrected chi connectivity index (χ2v) is 12.0. The Morgan fingerprint density at radius 3 is 1.67 bits per heavy atom. The number of unbranched alkanes of at least 4 members (excludes halogenated alkanes) is 2. The molecule has 0 radical (unpaired) electrons. The standard InChI is InChI=1S/C39H27ClF10O/c1-2-3-4-5-6-7-8-21-9-11-22(12-10-21)23-13-27(40)35(28(41)14-23)24-15-31(44)37(32(45)16-24)39(49,50)51-26-19-29(42)36(30(43)20-26)25-17-33(46)38(48)34(47)18-25/h5-6,9-20H,2-4,7-8H2,1H3. The minimum absolute atomic E-state index is 0.173. The number of allylic oxidation sites excluding steroid dienone is 2. The lowest BCUT2D eigenvalue weighted by atomic mass is 9.97. The van der Waals surface area contributed by atoms with Crippen LogP contribution in [0.15, 0.2) is 84.9 Å². The van der Waals surface area contributed by atoms with Gasteiger partial charge in [0.25, 0.3) is 0 Å².